The Hall–Kier alpha value is -1.71. The first-order chi connectivity index (χ1) is 9.26. The average Bonchev–Trinajstić information content (AvgIpc) is 2.90. The highest BCUT2D eigenvalue weighted by Crippen LogP contribution is 2.20. The van der Waals surface area contributed by atoms with Crippen LogP contribution in [0.1, 0.15) is 56.4 Å². The summed E-state index contributed by atoms with van der Waals surface area (Å²) in [5.74, 6) is 0.259. The summed E-state index contributed by atoms with van der Waals surface area (Å²) in [6.45, 7) is 4.25. The molecular formula is C15H21N3O. The monoisotopic (exact) mass is 259 g/mol. The Morgan fingerprint density at radius 1 is 1.32 bits per heavy atom. The molecule has 1 atom stereocenters. The number of nitrogens with one attached hydrogen (secondary N) is 1. The fourth-order valence-corrected chi connectivity index (χ4v) is 2.34. The van der Waals surface area contributed by atoms with Gasteiger partial charge in [0.25, 0.3) is 0 Å². The van der Waals surface area contributed by atoms with Gasteiger partial charge in [0.1, 0.15) is 5.69 Å². The molecular weight excluding hydrogens is 238 g/mol. The van der Waals surface area contributed by atoms with E-state index in [2.05, 4.69) is 29.0 Å². The van der Waals surface area contributed by atoms with E-state index in [-0.39, 0.29) is 11.7 Å². The first-order valence-corrected chi connectivity index (χ1v) is 7.09. The third-order valence-electron chi connectivity index (χ3n) is 3.60. The lowest BCUT2D eigenvalue weighted by Crippen LogP contribution is -2.15. The molecule has 2 heterocycles. The zero-order valence-corrected chi connectivity index (χ0v) is 11.6. The Kier molecular flexibility index (Phi) is 4.66. The summed E-state index contributed by atoms with van der Waals surface area (Å²) in [4.78, 5) is 16.7. The van der Waals surface area contributed by atoms with Crippen molar-refractivity contribution in [3.63, 3.8) is 0 Å². The SMILES string of the molecule is CCCCCC(CC)C(=O)c1cc2[nH]ncc2cn1. The van der Waals surface area contributed by atoms with Gasteiger partial charge in [0, 0.05) is 17.5 Å². The number of hydrogen-bond donors (Lipinski definition) is 1. The van der Waals surface area contributed by atoms with Crippen LogP contribution in [0, 0.1) is 5.92 Å². The van der Waals surface area contributed by atoms with Gasteiger partial charge >= 0.3 is 0 Å². The maximum atomic E-state index is 12.4. The van der Waals surface area contributed by atoms with Crippen molar-refractivity contribution >= 4 is 16.7 Å². The number of unbranched alkanes of at least 4 members (excludes halogenated alkanes) is 2. The molecule has 0 aliphatic carbocycles. The van der Waals surface area contributed by atoms with Crippen molar-refractivity contribution in [2.75, 3.05) is 0 Å². The van der Waals surface area contributed by atoms with Gasteiger partial charge in [0.2, 0.25) is 0 Å². The van der Waals surface area contributed by atoms with Gasteiger partial charge in [-0.05, 0) is 18.9 Å². The lowest BCUT2D eigenvalue weighted by Gasteiger charge is -2.12. The van der Waals surface area contributed by atoms with Crippen molar-refractivity contribution < 1.29 is 4.79 Å². The number of hydrogen-bond acceptors (Lipinski definition) is 3. The summed E-state index contributed by atoms with van der Waals surface area (Å²) in [5, 5.41) is 7.77. The zero-order valence-electron chi connectivity index (χ0n) is 11.6. The maximum absolute atomic E-state index is 12.4. The molecule has 0 bridgehead atoms. The smallest absolute Gasteiger partial charge is 0.184 e. The Labute approximate surface area is 113 Å². The van der Waals surface area contributed by atoms with E-state index >= 15 is 0 Å². The first kappa shape index (κ1) is 13.7. The summed E-state index contributed by atoms with van der Waals surface area (Å²) in [6.07, 6.45) is 8.77. The van der Waals surface area contributed by atoms with Crippen LogP contribution in [0.25, 0.3) is 10.9 Å². The molecule has 0 aliphatic rings. The number of carbonyl (C=O) groups is 1. The minimum absolute atomic E-state index is 0.0967. The molecule has 1 N–H and O–H groups in total. The number of H-pyrrole nitrogens is 1. The molecule has 2 rings (SSSR count). The number of nitrogens with zero attached hydrogens (tertiary/aromatic N) is 2. The highest BCUT2D eigenvalue weighted by molar-refractivity contribution is 5.98. The molecule has 0 fully saturated rings. The molecule has 0 amide bonds. The predicted molar refractivity (Wildman–Crippen MR) is 76.1 cm³/mol. The van der Waals surface area contributed by atoms with Gasteiger partial charge < -0.3 is 0 Å². The van der Waals surface area contributed by atoms with Gasteiger partial charge in [-0.15, -0.1) is 0 Å². The van der Waals surface area contributed by atoms with Crippen LogP contribution in [0.2, 0.25) is 0 Å². The van der Waals surface area contributed by atoms with Crippen molar-refractivity contribution in [1.29, 1.82) is 0 Å². The second-order valence-electron chi connectivity index (χ2n) is 4.99. The van der Waals surface area contributed by atoms with Gasteiger partial charge in [0.15, 0.2) is 5.78 Å². The van der Waals surface area contributed by atoms with Gasteiger partial charge in [-0.3, -0.25) is 14.9 Å². The lowest BCUT2D eigenvalue weighted by atomic mass is 9.92. The molecule has 0 radical (unpaired) electrons. The van der Waals surface area contributed by atoms with Crippen LogP contribution in [-0.4, -0.2) is 21.0 Å². The van der Waals surface area contributed by atoms with E-state index in [9.17, 15) is 4.79 Å². The zero-order chi connectivity index (χ0) is 13.7. The van der Waals surface area contributed by atoms with Crippen LogP contribution in [0.5, 0.6) is 0 Å². The fourth-order valence-electron chi connectivity index (χ4n) is 2.34. The molecule has 102 valence electrons. The number of aromatic amines is 1. The Balaban J connectivity index is 2.11. The molecule has 0 saturated carbocycles. The predicted octanol–water partition coefficient (Wildman–Crippen LogP) is 3.75. The van der Waals surface area contributed by atoms with E-state index in [1.165, 1.54) is 12.8 Å². The van der Waals surface area contributed by atoms with Crippen molar-refractivity contribution in [3.8, 4) is 0 Å². The third kappa shape index (κ3) is 3.19. The van der Waals surface area contributed by atoms with Crippen LogP contribution >= 0.6 is 0 Å². The summed E-state index contributed by atoms with van der Waals surface area (Å²) in [7, 11) is 0. The van der Waals surface area contributed by atoms with Crippen molar-refractivity contribution in [3.05, 3.63) is 24.2 Å². The number of fused-ring (bicyclic) bond motifs is 1. The second-order valence-corrected chi connectivity index (χ2v) is 4.99. The normalized spacial score (nSPS) is 12.7. The highest BCUT2D eigenvalue weighted by atomic mass is 16.1. The van der Waals surface area contributed by atoms with Gasteiger partial charge in [-0.1, -0.05) is 33.1 Å². The largest absolute Gasteiger partial charge is 0.292 e. The van der Waals surface area contributed by atoms with Gasteiger partial charge in [0.05, 0.1) is 11.7 Å². The molecule has 2 aromatic heterocycles. The molecule has 0 aliphatic heterocycles. The van der Waals surface area contributed by atoms with E-state index in [4.69, 9.17) is 0 Å². The van der Waals surface area contributed by atoms with Crippen molar-refractivity contribution in [2.45, 2.75) is 46.0 Å². The molecule has 4 heteroatoms. The number of pyridine rings is 1. The number of ketones is 1. The van der Waals surface area contributed by atoms with Crippen molar-refractivity contribution in [2.24, 2.45) is 5.92 Å². The molecule has 0 saturated heterocycles. The lowest BCUT2D eigenvalue weighted by molar-refractivity contribution is 0.0903. The second kappa shape index (κ2) is 6.45. The standard InChI is InChI=1S/C15H21N3O/c1-3-5-6-7-11(4-2)15(19)14-8-13-12(9-16-14)10-17-18-13/h8-11H,3-7H2,1-2H3,(H,17,18). The van der Waals surface area contributed by atoms with E-state index in [1.54, 1.807) is 12.4 Å². The Bertz CT molecular complexity index is 547. The number of Topliss-reactive ketones (excluding diaryl/α,β-unsaturated/α-hetero) is 1. The molecule has 19 heavy (non-hydrogen) atoms. The maximum Gasteiger partial charge on any atom is 0.184 e. The van der Waals surface area contributed by atoms with E-state index in [0.29, 0.717) is 5.69 Å². The summed E-state index contributed by atoms with van der Waals surface area (Å²) in [6, 6.07) is 1.81. The first-order valence-electron chi connectivity index (χ1n) is 7.09. The molecule has 2 aromatic rings. The third-order valence-corrected chi connectivity index (χ3v) is 3.60. The van der Waals surface area contributed by atoms with E-state index < -0.39 is 0 Å². The number of rotatable bonds is 7. The highest BCUT2D eigenvalue weighted by Gasteiger charge is 2.19. The summed E-state index contributed by atoms with van der Waals surface area (Å²) < 4.78 is 0. The van der Waals surface area contributed by atoms with Gasteiger partial charge in [-0.25, -0.2) is 0 Å². The Morgan fingerprint density at radius 2 is 2.16 bits per heavy atom. The average molecular weight is 259 g/mol. The number of aromatic nitrogens is 3. The topological polar surface area (TPSA) is 58.6 Å². The van der Waals surface area contributed by atoms with Crippen LogP contribution < -0.4 is 0 Å². The van der Waals surface area contributed by atoms with Gasteiger partial charge in [-0.2, -0.15) is 5.10 Å². The minimum atomic E-state index is 0.0967. The summed E-state index contributed by atoms with van der Waals surface area (Å²) >= 11 is 0. The van der Waals surface area contributed by atoms with Crippen molar-refractivity contribution in [1.82, 2.24) is 15.2 Å². The minimum Gasteiger partial charge on any atom is -0.292 e. The molecule has 4 nitrogen and oxygen atoms in total. The van der Waals surface area contributed by atoms with Crippen LogP contribution in [-0.2, 0) is 0 Å². The number of carbonyl (C=O) groups excluding carboxylic acids is 1. The molecule has 0 aromatic carbocycles. The van der Waals surface area contributed by atoms with Crippen LogP contribution in [0.4, 0.5) is 0 Å². The fraction of sp³-hybridized carbons (Fsp3) is 0.533. The van der Waals surface area contributed by atoms with E-state index in [0.717, 1.165) is 30.2 Å². The molecule has 0 spiro atoms. The quantitative estimate of drug-likeness (QED) is 0.608. The molecule has 1 unspecified atom stereocenters. The Morgan fingerprint density at radius 3 is 2.89 bits per heavy atom. The van der Waals surface area contributed by atoms with Crippen LogP contribution in [0.15, 0.2) is 18.5 Å². The summed E-state index contributed by atoms with van der Waals surface area (Å²) in [5.41, 5.74) is 1.43. The van der Waals surface area contributed by atoms with E-state index in [1.807, 2.05) is 6.07 Å². The van der Waals surface area contributed by atoms with Crippen LogP contribution in [0.3, 0.4) is 0 Å².